The molecule has 2 rings (SSSR count). The fourth-order valence-electron chi connectivity index (χ4n) is 1.74. The van der Waals surface area contributed by atoms with E-state index in [1.807, 2.05) is 0 Å². The van der Waals surface area contributed by atoms with Crippen LogP contribution in [-0.4, -0.2) is 26.7 Å². The predicted octanol–water partition coefficient (Wildman–Crippen LogP) is 2.19. The highest BCUT2D eigenvalue weighted by Gasteiger charge is 2.42. The molecule has 0 unspecified atom stereocenters. The lowest BCUT2D eigenvalue weighted by Gasteiger charge is -2.14. The predicted molar refractivity (Wildman–Crippen MR) is 75.8 cm³/mol. The zero-order chi connectivity index (χ0) is 14.1. The van der Waals surface area contributed by atoms with Crippen molar-refractivity contribution >= 4 is 33.2 Å². The van der Waals surface area contributed by atoms with Gasteiger partial charge in [-0.25, -0.2) is 13.1 Å². The lowest BCUT2D eigenvalue weighted by atomic mass is 10.1. The second kappa shape index (κ2) is 5.58. The van der Waals surface area contributed by atoms with Crippen molar-refractivity contribution in [1.29, 1.82) is 0 Å². The van der Waals surface area contributed by atoms with Gasteiger partial charge in [-0.15, -0.1) is 0 Å². The van der Waals surface area contributed by atoms with Crippen molar-refractivity contribution in [2.45, 2.75) is 18.6 Å². The fourth-order valence-corrected chi connectivity index (χ4v) is 3.75. The number of nitrogens with one attached hydrogen (secondary N) is 1. The Morgan fingerprint density at radius 2 is 1.84 bits per heavy atom. The molecule has 0 atom stereocenters. The molecular formula is C12H15Cl2NO3S. The number of aliphatic hydroxyl groups is 1. The van der Waals surface area contributed by atoms with Crippen LogP contribution in [0, 0.1) is 5.41 Å². The Morgan fingerprint density at radius 3 is 2.32 bits per heavy atom. The molecule has 0 bridgehead atoms. The first-order valence-electron chi connectivity index (χ1n) is 5.89. The van der Waals surface area contributed by atoms with E-state index in [2.05, 4.69) is 4.72 Å². The normalized spacial score (nSPS) is 17.4. The highest BCUT2D eigenvalue weighted by Crippen LogP contribution is 2.44. The molecule has 0 radical (unpaired) electrons. The molecule has 4 nitrogen and oxygen atoms in total. The Hall–Kier alpha value is -0.330. The molecule has 0 spiro atoms. The molecule has 1 aliphatic rings. The summed E-state index contributed by atoms with van der Waals surface area (Å²) in [6.45, 7) is 0.260. The van der Waals surface area contributed by atoms with Crippen LogP contribution in [0.1, 0.15) is 18.4 Å². The minimum atomic E-state index is -3.51. The van der Waals surface area contributed by atoms with Crippen LogP contribution in [0.25, 0.3) is 0 Å². The number of aliphatic hydroxyl groups excluding tert-OH is 1. The Labute approximate surface area is 122 Å². The van der Waals surface area contributed by atoms with E-state index in [0.717, 1.165) is 12.8 Å². The summed E-state index contributed by atoms with van der Waals surface area (Å²) in [4.78, 5) is 0. The molecule has 19 heavy (non-hydrogen) atoms. The number of hydrogen-bond acceptors (Lipinski definition) is 3. The molecule has 0 amide bonds. The molecule has 1 aromatic carbocycles. The second-order valence-corrected chi connectivity index (χ2v) is 7.56. The first kappa shape index (κ1) is 15.1. The topological polar surface area (TPSA) is 66.4 Å². The molecule has 106 valence electrons. The summed E-state index contributed by atoms with van der Waals surface area (Å²) in [5.74, 6) is -0.257. The van der Waals surface area contributed by atoms with E-state index in [9.17, 15) is 8.42 Å². The number of sulfonamides is 1. The summed E-state index contributed by atoms with van der Waals surface area (Å²) in [5, 5.41) is 9.82. The molecule has 1 saturated carbocycles. The van der Waals surface area contributed by atoms with Crippen LogP contribution < -0.4 is 4.72 Å². The van der Waals surface area contributed by atoms with Crippen molar-refractivity contribution in [2.24, 2.45) is 5.41 Å². The van der Waals surface area contributed by atoms with E-state index < -0.39 is 10.0 Å². The van der Waals surface area contributed by atoms with Crippen LogP contribution >= 0.6 is 23.2 Å². The van der Waals surface area contributed by atoms with E-state index in [4.69, 9.17) is 28.3 Å². The fraction of sp³-hybridized carbons (Fsp3) is 0.500. The quantitative estimate of drug-likeness (QED) is 0.843. The van der Waals surface area contributed by atoms with E-state index >= 15 is 0 Å². The van der Waals surface area contributed by atoms with Gasteiger partial charge in [-0.1, -0.05) is 29.3 Å². The third-order valence-corrected chi connectivity index (χ3v) is 5.32. The summed E-state index contributed by atoms with van der Waals surface area (Å²) >= 11 is 11.9. The van der Waals surface area contributed by atoms with Crippen LogP contribution in [0.5, 0.6) is 0 Å². The van der Waals surface area contributed by atoms with Gasteiger partial charge < -0.3 is 5.11 Å². The van der Waals surface area contributed by atoms with Crippen molar-refractivity contribution in [1.82, 2.24) is 4.72 Å². The van der Waals surface area contributed by atoms with Crippen LogP contribution in [0.2, 0.25) is 10.0 Å². The average Bonchev–Trinajstić information content (AvgIpc) is 3.13. The minimum absolute atomic E-state index is 0.00235. The van der Waals surface area contributed by atoms with E-state index in [1.54, 1.807) is 18.2 Å². The zero-order valence-corrected chi connectivity index (χ0v) is 12.5. The molecule has 1 fully saturated rings. The molecule has 0 heterocycles. The first-order chi connectivity index (χ1) is 8.87. The minimum Gasteiger partial charge on any atom is -0.396 e. The van der Waals surface area contributed by atoms with E-state index in [-0.39, 0.29) is 24.3 Å². The molecule has 0 saturated heterocycles. The number of rotatable bonds is 6. The maximum absolute atomic E-state index is 12.0. The van der Waals surface area contributed by atoms with Gasteiger partial charge in [0.25, 0.3) is 0 Å². The van der Waals surface area contributed by atoms with Gasteiger partial charge in [0.1, 0.15) is 0 Å². The van der Waals surface area contributed by atoms with E-state index in [0.29, 0.717) is 15.6 Å². The average molecular weight is 324 g/mol. The van der Waals surface area contributed by atoms with Crippen molar-refractivity contribution in [3.8, 4) is 0 Å². The van der Waals surface area contributed by atoms with Gasteiger partial charge >= 0.3 is 0 Å². The third kappa shape index (κ3) is 3.83. The lowest BCUT2D eigenvalue weighted by molar-refractivity contribution is 0.213. The van der Waals surface area contributed by atoms with Crippen molar-refractivity contribution in [3.63, 3.8) is 0 Å². The van der Waals surface area contributed by atoms with Crippen molar-refractivity contribution < 1.29 is 13.5 Å². The molecule has 1 aliphatic carbocycles. The van der Waals surface area contributed by atoms with E-state index in [1.165, 1.54) is 0 Å². The Bertz CT molecular complexity index is 550. The van der Waals surface area contributed by atoms with Gasteiger partial charge in [0.2, 0.25) is 10.0 Å². The Balaban J connectivity index is 2.05. The summed E-state index contributed by atoms with van der Waals surface area (Å²) in [6.07, 6.45) is 1.69. The van der Waals surface area contributed by atoms with Crippen LogP contribution in [-0.2, 0) is 15.8 Å². The van der Waals surface area contributed by atoms with Crippen LogP contribution in [0.4, 0.5) is 0 Å². The second-order valence-electron chi connectivity index (χ2n) is 4.94. The van der Waals surface area contributed by atoms with Gasteiger partial charge in [0.05, 0.1) is 5.75 Å². The molecule has 2 N–H and O–H groups in total. The maximum Gasteiger partial charge on any atom is 0.215 e. The molecular weight excluding hydrogens is 309 g/mol. The third-order valence-electron chi connectivity index (χ3n) is 3.36. The van der Waals surface area contributed by atoms with Crippen LogP contribution in [0.3, 0.4) is 0 Å². The lowest BCUT2D eigenvalue weighted by Crippen LogP contribution is -2.32. The first-order valence-corrected chi connectivity index (χ1v) is 8.29. The maximum atomic E-state index is 12.0. The van der Waals surface area contributed by atoms with Crippen LogP contribution in [0.15, 0.2) is 18.2 Å². The van der Waals surface area contributed by atoms with Crippen molar-refractivity contribution in [2.75, 3.05) is 13.2 Å². The molecule has 7 heteroatoms. The zero-order valence-electron chi connectivity index (χ0n) is 10.2. The molecule has 0 aromatic heterocycles. The SMILES string of the molecule is O=S(=O)(Cc1c(Cl)cccc1Cl)NCC1(CO)CC1. The Morgan fingerprint density at radius 1 is 1.26 bits per heavy atom. The van der Waals surface area contributed by atoms with Crippen molar-refractivity contribution in [3.05, 3.63) is 33.8 Å². The summed E-state index contributed by atoms with van der Waals surface area (Å²) < 4.78 is 26.5. The largest absolute Gasteiger partial charge is 0.396 e. The van der Waals surface area contributed by atoms with Gasteiger partial charge in [-0.3, -0.25) is 0 Å². The number of benzene rings is 1. The molecule has 0 aliphatic heterocycles. The highest BCUT2D eigenvalue weighted by molar-refractivity contribution is 7.88. The van der Waals surface area contributed by atoms with Gasteiger partial charge in [-0.2, -0.15) is 0 Å². The van der Waals surface area contributed by atoms with Gasteiger partial charge in [-0.05, 0) is 25.0 Å². The number of halogens is 2. The summed E-state index contributed by atoms with van der Waals surface area (Å²) in [6, 6.07) is 4.88. The molecule has 1 aromatic rings. The smallest absolute Gasteiger partial charge is 0.215 e. The monoisotopic (exact) mass is 323 g/mol. The Kier molecular flexibility index (Phi) is 4.42. The highest BCUT2D eigenvalue weighted by atomic mass is 35.5. The van der Waals surface area contributed by atoms with Gasteiger partial charge in [0, 0.05) is 34.2 Å². The standard InChI is InChI=1S/C12H15Cl2NO3S/c13-10-2-1-3-11(14)9(10)6-19(17,18)15-7-12(8-16)4-5-12/h1-3,15-16H,4-8H2. The number of hydrogen-bond donors (Lipinski definition) is 2. The summed E-state index contributed by atoms with van der Waals surface area (Å²) in [7, 11) is -3.51. The summed E-state index contributed by atoms with van der Waals surface area (Å²) in [5.41, 5.74) is 0.129. The van der Waals surface area contributed by atoms with Gasteiger partial charge in [0.15, 0.2) is 0 Å².